The van der Waals surface area contributed by atoms with Gasteiger partial charge in [-0.05, 0) is 5.56 Å². The van der Waals surface area contributed by atoms with E-state index in [1.165, 1.54) is 5.56 Å². The Morgan fingerprint density at radius 2 is 2.00 bits per heavy atom. The van der Waals surface area contributed by atoms with Crippen molar-refractivity contribution in [1.82, 2.24) is 14.9 Å². The van der Waals surface area contributed by atoms with Crippen molar-refractivity contribution in [1.29, 1.82) is 0 Å². The van der Waals surface area contributed by atoms with Gasteiger partial charge in [0, 0.05) is 31.9 Å². The number of rotatable bonds is 6. The summed E-state index contributed by atoms with van der Waals surface area (Å²) in [5.41, 5.74) is 1.21. The summed E-state index contributed by atoms with van der Waals surface area (Å²) in [5, 5.41) is 3.43. The fourth-order valence-corrected chi connectivity index (χ4v) is 2.64. The molecule has 6 nitrogen and oxygen atoms in total. The van der Waals surface area contributed by atoms with E-state index >= 15 is 0 Å². The Labute approximate surface area is 136 Å². The molecule has 0 bridgehead atoms. The highest BCUT2D eigenvalue weighted by molar-refractivity contribution is 5.34. The van der Waals surface area contributed by atoms with Crippen LogP contribution in [0.1, 0.15) is 11.6 Å². The summed E-state index contributed by atoms with van der Waals surface area (Å²) in [4.78, 5) is 11.1. The second-order valence-corrected chi connectivity index (χ2v) is 5.44. The molecule has 0 amide bonds. The molecule has 0 radical (unpaired) electrons. The molecule has 122 valence electrons. The van der Waals surface area contributed by atoms with Gasteiger partial charge < -0.3 is 14.8 Å². The molecular formula is C17H22N4O2. The topological polar surface area (TPSA) is 59.5 Å². The van der Waals surface area contributed by atoms with E-state index in [0.29, 0.717) is 11.8 Å². The maximum Gasteiger partial charge on any atom is 0.226 e. The van der Waals surface area contributed by atoms with Gasteiger partial charge in [-0.1, -0.05) is 30.3 Å². The zero-order chi connectivity index (χ0) is 15.9. The lowest BCUT2D eigenvalue weighted by molar-refractivity contribution is 0.0360. The number of nitrogens with one attached hydrogen (secondary N) is 1. The number of hydrogen-bond acceptors (Lipinski definition) is 6. The molecular weight excluding hydrogens is 292 g/mol. The third-order valence-electron chi connectivity index (χ3n) is 3.89. The summed E-state index contributed by atoms with van der Waals surface area (Å²) in [7, 11) is 1.61. The molecule has 1 aromatic heterocycles. The first-order valence-electron chi connectivity index (χ1n) is 7.84. The highest BCUT2D eigenvalue weighted by atomic mass is 16.5. The van der Waals surface area contributed by atoms with Gasteiger partial charge in [-0.2, -0.15) is 4.98 Å². The Kier molecular flexibility index (Phi) is 5.39. The number of aromatic nitrogens is 2. The van der Waals surface area contributed by atoms with Crippen molar-refractivity contribution in [3.05, 3.63) is 48.2 Å². The number of morpholine rings is 1. The smallest absolute Gasteiger partial charge is 0.226 e. The number of nitrogens with zero attached hydrogens (tertiary/aromatic N) is 3. The maximum absolute atomic E-state index is 5.43. The lowest BCUT2D eigenvalue weighted by Gasteiger charge is -2.31. The summed E-state index contributed by atoms with van der Waals surface area (Å²) in [6, 6.07) is 12.2. The van der Waals surface area contributed by atoms with Gasteiger partial charge in [-0.25, -0.2) is 4.98 Å². The SMILES string of the molecule is COc1ccnc(N[C@H](CN2CCOCC2)c2ccccc2)n1. The van der Waals surface area contributed by atoms with Crippen LogP contribution >= 0.6 is 0 Å². The minimum atomic E-state index is 0.112. The van der Waals surface area contributed by atoms with Crippen LogP contribution in [-0.4, -0.2) is 54.8 Å². The molecule has 1 aliphatic rings. The second-order valence-electron chi connectivity index (χ2n) is 5.44. The Balaban J connectivity index is 1.76. The molecule has 2 heterocycles. The standard InChI is InChI=1S/C17H22N4O2/c1-22-16-7-8-18-17(20-16)19-15(14-5-3-2-4-6-14)13-21-9-11-23-12-10-21/h2-8,15H,9-13H2,1H3,(H,18,19,20)/t15-/m1/s1. The average molecular weight is 314 g/mol. The van der Waals surface area contributed by atoms with Crippen LogP contribution in [0.2, 0.25) is 0 Å². The Bertz CT molecular complexity index is 603. The van der Waals surface area contributed by atoms with E-state index in [2.05, 4.69) is 44.5 Å². The summed E-state index contributed by atoms with van der Waals surface area (Å²) < 4.78 is 10.6. The molecule has 23 heavy (non-hydrogen) atoms. The van der Waals surface area contributed by atoms with Crippen molar-refractivity contribution in [2.75, 3.05) is 45.3 Å². The third-order valence-corrected chi connectivity index (χ3v) is 3.89. The van der Waals surface area contributed by atoms with Crippen molar-refractivity contribution >= 4 is 5.95 Å². The van der Waals surface area contributed by atoms with Gasteiger partial charge in [0.1, 0.15) is 0 Å². The van der Waals surface area contributed by atoms with E-state index < -0.39 is 0 Å². The van der Waals surface area contributed by atoms with E-state index in [4.69, 9.17) is 9.47 Å². The van der Waals surface area contributed by atoms with Crippen molar-refractivity contribution in [3.8, 4) is 5.88 Å². The number of methoxy groups -OCH3 is 1. The molecule has 3 rings (SSSR count). The first kappa shape index (κ1) is 15.7. The monoisotopic (exact) mass is 314 g/mol. The van der Waals surface area contributed by atoms with Gasteiger partial charge in [-0.15, -0.1) is 0 Å². The lowest BCUT2D eigenvalue weighted by atomic mass is 10.1. The largest absolute Gasteiger partial charge is 0.481 e. The van der Waals surface area contributed by atoms with E-state index in [0.717, 1.165) is 32.8 Å². The highest BCUT2D eigenvalue weighted by Gasteiger charge is 2.19. The summed E-state index contributed by atoms with van der Waals surface area (Å²) in [6.07, 6.45) is 1.70. The molecule has 0 spiro atoms. The van der Waals surface area contributed by atoms with Crippen LogP contribution in [0.5, 0.6) is 5.88 Å². The van der Waals surface area contributed by atoms with Crippen molar-refractivity contribution < 1.29 is 9.47 Å². The number of hydrogen-bond donors (Lipinski definition) is 1. The van der Waals surface area contributed by atoms with Crippen LogP contribution in [0.3, 0.4) is 0 Å². The zero-order valence-corrected chi connectivity index (χ0v) is 13.3. The predicted octanol–water partition coefficient (Wildman–Crippen LogP) is 1.97. The molecule has 0 saturated carbocycles. The number of benzene rings is 1. The molecule has 1 atom stereocenters. The van der Waals surface area contributed by atoms with Crippen molar-refractivity contribution in [3.63, 3.8) is 0 Å². The van der Waals surface area contributed by atoms with Gasteiger partial charge in [0.25, 0.3) is 0 Å². The molecule has 0 unspecified atom stereocenters. The van der Waals surface area contributed by atoms with Crippen LogP contribution < -0.4 is 10.1 Å². The number of anilines is 1. The van der Waals surface area contributed by atoms with Crippen LogP contribution in [-0.2, 0) is 4.74 Å². The van der Waals surface area contributed by atoms with E-state index in [9.17, 15) is 0 Å². The average Bonchev–Trinajstić information content (AvgIpc) is 2.63. The lowest BCUT2D eigenvalue weighted by Crippen LogP contribution is -2.40. The van der Waals surface area contributed by atoms with Gasteiger partial charge in [-0.3, -0.25) is 4.90 Å². The van der Waals surface area contributed by atoms with Crippen LogP contribution in [0, 0.1) is 0 Å². The Hall–Kier alpha value is -2.18. The minimum absolute atomic E-state index is 0.112. The van der Waals surface area contributed by atoms with Crippen LogP contribution in [0.15, 0.2) is 42.6 Å². The molecule has 1 saturated heterocycles. The molecule has 0 aliphatic carbocycles. The second kappa shape index (κ2) is 7.89. The quantitative estimate of drug-likeness (QED) is 0.880. The van der Waals surface area contributed by atoms with Gasteiger partial charge in [0.15, 0.2) is 0 Å². The van der Waals surface area contributed by atoms with E-state index in [-0.39, 0.29) is 6.04 Å². The molecule has 2 aromatic rings. The maximum atomic E-state index is 5.43. The van der Waals surface area contributed by atoms with Gasteiger partial charge in [0.05, 0.1) is 26.4 Å². The van der Waals surface area contributed by atoms with Gasteiger partial charge in [0.2, 0.25) is 11.8 Å². The van der Waals surface area contributed by atoms with E-state index in [1.807, 2.05) is 6.07 Å². The highest BCUT2D eigenvalue weighted by Crippen LogP contribution is 2.20. The summed E-state index contributed by atoms with van der Waals surface area (Å²) in [6.45, 7) is 4.36. The molecule has 1 aliphatic heterocycles. The van der Waals surface area contributed by atoms with Crippen molar-refractivity contribution in [2.24, 2.45) is 0 Å². The third kappa shape index (κ3) is 4.40. The van der Waals surface area contributed by atoms with Crippen LogP contribution in [0.25, 0.3) is 0 Å². The summed E-state index contributed by atoms with van der Waals surface area (Å²) >= 11 is 0. The number of ether oxygens (including phenoxy) is 2. The molecule has 1 fully saturated rings. The first-order valence-corrected chi connectivity index (χ1v) is 7.84. The Morgan fingerprint density at radius 3 is 2.74 bits per heavy atom. The fraction of sp³-hybridized carbons (Fsp3) is 0.412. The molecule has 6 heteroatoms. The Morgan fingerprint density at radius 1 is 1.22 bits per heavy atom. The van der Waals surface area contributed by atoms with E-state index in [1.54, 1.807) is 19.4 Å². The minimum Gasteiger partial charge on any atom is -0.481 e. The zero-order valence-electron chi connectivity index (χ0n) is 13.3. The van der Waals surface area contributed by atoms with Crippen molar-refractivity contribution in [2.45, 2.75) is 6.04 Å². The molecule has 1 N–H and O–H groups in total. The van der Waals surface area contributed by atoms with Gasteiger partial charge >= 0.3 is 0 Å². The fourth-order valence-electron chi connectivity index (χ4n) is 2.64. The predicted molar refractivity (Wildman–Crippen MR) is 88.6 cm³/mol. The molecule has 1 aromatic carbocycles. The van der Waals surface area contributed by atoms with Crippen LogP contribution in [0.4, 0.5) is 5.95 Å². The normalized spacial score (nSPS) is 16.7. The summed E-state index contributed by atoms with van der Waals surface area (Å²) in [5.74, 6) is 1.13. The first-order chi connectivity index (χ1) is 11.3.